The second-order valence-corrected chi connectivity index (χ2v) is 5.48. The van der Waals surface area contributed by atoms with Gasteiger partial charge in [0.05, 0.1) is 12.8 Å². The third-order valence-electron chi connectivity index (χ3n) is 3.72. The Bertz CT molecular complexity index is 499. The Balaban J connectivity index is 1.92. The lowest BCUT2D eigenvalue weighted by molar-refractivity contribution is -0.162. The summed E-state index contributed by atoms with van der Waals surface area (Å²) in [6, 6.07) is 6.69. The van der Waals surface area contributed by atoms with E-state index >= 15 is 0 Å². The maximum Gasteiger partial charge on any atom is 0.338 e. The quantitative estimate of drug-likeness (QED) is 0.836. The van der Waals surface area contributed by atoms with Crippen molar-refractivity contribution in [1.82, 2.24) is 4.90 Å². The number of carbonyl (C=O) groups excluding carboxylic acids is 1. The fraction of sp³-hybridized carbons (Fsp3) is 0.533. The number of hydrogen-bond donors (Lipinski definition) is 1. The molecule has 0 spiro atoms. The van der Waals surface area contributed by atoms with Gasteiger partial charge in [0, 0.05) is 32.7 Å². The number of aliphatic hydroxyl groups is 1. The number of halogens is 1. The lowest BCUT2D eigenvalue weighted by Gasteiger charge is -2.38. The van der Waals surface area contributed by atoms with Crippen LogP contribution in [0, 0.1) is 5.82 Å². The Morgan fingerprint density at radius 3 is 2.52 bits per heavy atom. The number of piperazine rings is 1. The van der Waals surface area contributed by atoms with Gasteiger partial charge in [-0.25, -0.2) is 9.18 Å². The average Bonchev–Trinajstić information content (AvgIpc) is 2.47. The van der Waals surface area contributed by atoms with Gasteiger partial charge in [-0.2, -0.15) is 0 Å². The van der Waals surface area contributed by atoms with Gasteiger partial charge in [-0.15, -0.1) is 0 Å². The summed E-state index contributed by atoms with van der Waals surface area (Å²) in [6.07, 6.45) is 0. The predicted molar refractivity (Wildman–Crippen MR) is 77.7 cm³/mol. The zero-order chi connectivity index (χ0) is 15.5. The van der Waals surface area contributed by atoms with Crippen LogP contribution in [0.15, 0.2) is 24.3 Å². The van der Waals surface area contributed by atoms with Crippen LogP contribution < -0.4 is 4.90 Å². The molecule has 1 fully saturated rings. The summed E-state index contributed by atoms with van der Waals surface area (Å²) in [5.41, 5.74) is -0.925. The van der Waals surface area contributed by atoms with Crippen LogP contribution in [0.4, 0.5) is 10.1 Å². The summed E-state index contributed by atoms with van der Waals surface area (Å²) in [6.45, 7) is 4.27. The van der Waals surface area contributed by atoms with E-state index in [1.165, 1.54) is 20.1 Å². The Hall–Kier alpha value is -1.66. The van der Waals surface area contributed by atoms with Crippen molar-refractivity contribution < 1.29 is 19.0 Å². The number of carbonyl (C=O) groups is 1. The molecular formula is C15H21FN2O3. The maximum atomic E-state index is 13.7. The minimum atomic E-state index is -1.52. The Kier molecular flexibility index (Phi) is 4.80. The largest absolute Gasteiger partial charge is 0.467 e. The standard InChI is InChI=1S/C15H21FN2O3/c1-15(20,14(19)21-2)11-17-7-9-18(10-8-17)13-6-4-3-5-12(13)16/h3-6,20H,7-11H2,1-2H3. The number of ether oxygens (including phenoxy) is 1. The molecule has 1 atom stereocenters. The summed E-state index contributed by atoms with van der Waals surface area (Å²) >= 11 is 0. The van der Waals surface area contributed by atoms with Gasteiger partial charge in [-0.3, -0.25) is 4.90 Å². The van der Waals surface area contributed by atoms with Crippen molar-refractivity contribution in [2.45, 2.75) is 12.5 Å². The van der Waals surface area contributed by atoms with E-state index in [4.69, 9.17) is 0 Å². The number of rotatable bonds is 4. The van der Waals surface area contributed by atoms with Crippen LogP contribution in [-0.4, -0.2) is 61.4 Å². The van der Waals surface area contributed by atoms with Crippen LogP contribution >= 0.6 is 0 Å². The van der Waals surface area contributed by atoms with Gasteiger partial charge < -0.3 is 14.7 Å². The molecule has 1 aromatic carbocycles. The highest BCUT2D eigenvalue weighted by Gasteiger charge is 2.34. The topological polar surface area (TPSA) is 53.0 Å². The maximum absolute atomic E-state index is 13.7. The molecule has 1 N–H and O–H groups in total. The van der Waals surface area contributed by atoms with Crippen LogP contribution in [0.2, 0.25) is 0 Å². The molecule has 6 heteroatoms. The molecular weight excluding hydrogens is 275 g/mol. The van der Waals surface area contributed by atoms with E-state index < -0.39 is 11.6 Å². The molecule has 0 bridgehead atoms. The van der Waals surface area contributed by atoms with Gasteiger partial charge in [0.2, 0.25) is 0 Å². The smallest absolute Gasteiger partial charge is 0.338 e. The van der Waals surface area contributed by atoms with E-state index in [9.17, 15) is 14.3 Å². The Morgan fingerprint density at radius 2 is 1.95 bits per heavy atom. The fourth-order valence-corrected chi connectivity index (χ4v) is 2.57. The summed E-state index contributed by atoms with van der Waals surface area (Å²) < 4.78 is 18.3. The summed E-state index contributed by atoms with van der Waals surface area (Å²) in [7, 11) is 1.26. The van der Waals surface area contributed by atoms with E-state index in [0.29, 0.717) is 31.9 Å². The normalized spacial score (nSPS) is 19.1. The fourth-order valence-electron chi connectivity index (χ4n) is 2.57. The third kappa shape index (κ3) is 3.71. The number of hydrogen-bond acceptors (Lipinski definition) is 5. The lowest BCUT2D eigenvalue weighted by atomic mass is 10.1. The van der Waals surface area contributed by atoms with Crippen molar-refractivity contribution in [2.75, 3.05) is 44.7 Å². The van der Waals surface area contributed by atoms with Gasteiger partial charge in [0.1, 0.15) is 5.82 Å². The molecule has 0 radical (unpaired) electrons. The molecule has 1 heterocycles. The van der Waals surface area contributed by atoms with Crippen LogP contribution in [0.5, 0.6) is 0 Å². The summed E-state index contributed by atoms with van der Waals surface area (Å²) in [4.78, 5) is 15.4. The van der Waals surface area contributed by atoms with Crippen LogP contribution in [0.1, 0.15) is 6.92 Å². The number of nitrogens with zero attached hydrogens (tertiary/aromatic N) is 2. The monoisotopic (exact) mass is 296 g/mol. The molecule has 1 unspecified atom stereocenters. The molecule has 2 rings (SSSR count). The van der Waals surface area contributed by atoms with Crippen molar-refractivity contribution in [3.05, 3.63) is 30.1 Å². The molecule has 1 saturated heterocycles. The highest BCUT2D eigenvalue weighted by atomic mass is 19.1. The van der Waals surface area contributed by atoms with E-state index in [0.717, 1.165) is 0 Å². The van der Waals surface area contributed by atoms with Crippen molar-refractivity contribution >= 4 is 11.7 Å². The van der Waals surface area contributed by atoms with Crippen molar-refractivity contribution in [3.63, 3.8) is 0 Å². The second kappa shape index (κ2) is 6.41. The minimum absolute atomic E-state index is 0.213. The van der Waals surface area contributed by atoms with Crippen LogP contribution in [0.3, 0.4) is 0 Å². The molecule has 116 valence electrons. The first-order chi connectivity index (χ1) is 9.94. The van der Waals surface area contributed by atoms with Gasteiger partial charge in [0.25, 0.3) is 0 Å². The van der Waals surface area contributed by atoms with E-state index in [2.05, 4.69) is 4.74 Å². The van der Waals surface area contributed by atoms with Crippen molar-refractivity contribution in [3.8, 4) is 0 Å². The predicted octanol–water partition coefficient (Wildman–Crippen LogP) is 0.872. The highest BCUT2D eigenvalue weighted by Crippen LogP contribution is 2.20. The molecule has 1 aliphatic heterocycles. The number of para-hydroxylation sites is 1. The van der Waals surface area contributed by atoms with E-state index in [1.807, 2.05) is 15.9 Å². The SMILES string of the molecule is COC(=O)C(C)(O)CN1CCN(c2ccccc2F)CC1. The summed E-state index contributed by atoms with van der Waals surface area (Å²) in [5, 5.41) is 10.1. The number of β-amino-alcohol motifs (C(OH)–C–C–N with tert-alkyl or cyclic N) is 1. The number of esters is 1. The zero-order valence-electron chi connectivity index (χ0n) is 12.4. The number of benzene rings is 1. The molecule has 0 aromatic heterocycles. The van der Waals surface area contributed by atoms with Crippen LogP contribution in [0.25, 0.3) is 0 Å². The second-order valence-electron chi connectivity index (χ2n) is 5.48. The van der Waals surface area contributed by atoms with Crippen LogP contribution in [-0.2, 0) is 9.53 Å². The highest BCUT2D eigenvalue weighted by molar-refractivity contribution is 5.78. The Morgan fingerprint density at radius 1 is 1.33 bits per heavy atom. The minimum Gasteiger partial charge on any atom is -0.467 e. The van der Waals surface area contributed by atoms with Gasteiger partial charge in [-0.05, 0) is 19.1 Å². The molecule has 0 amide bonds. The van der Waals surface area contributed by atoms with Crippen molar-refractivity contribution in [2.24, 2.45) is 0 Å². The lowest BCUT2D eigenvalue weighted by Crippen LogP contribution is -2.54. The number of anilines is 1. The Labute approximate surface area is 123 Å². The molecule has 21 heavy (non-hydrogen) atoms. The number of methoxy groups -OCH3 is 1. The molecule has 5 nitrogen and oxygen atoms in total. The first-order valence-corrected chi connectivity index (χ1v) is 6.96. The van der Waals surface area contributed by atoms with Gasteiger partial charge >= 0.3 is 5.97 Å². The van der Waals surface area contributed by atoms with Gasteiger partial charge in [-0.1, -0.05) is 12.1 Å². The first kappa shape index (κ1) is 15.7. The molecule has 0 aliphatic carbocycles. The van der Waals surface area contributed by atoms with E-state index in [-0.39, 0.29) is 12.4 Å². The van der Waals surface area contributed by atoms with E-state index in [1.54, 1.807) is 12.1 Å². The zero-order valence-corrected chi connectivity index (χ0v) is 12.4. The molecule has 0 saturated carbocycles. The third-order valence-corrected chi connectivity index (χ3v) is 3.72. The van der Waals surface area contributed by atoms with Gasteiger partial charge in [0.15, 0.2) is 5.60 Å². The molecule has 1 aliphatic rings. The molecule has 1 aromatic rings. The summed E-state index contributed by atoms with van der Waals surface area (Å²) in [5.74, 6) is -0.869. The average molecular weight is 296 g/mol. The van der Waals surface area contributed by atoms with Crippen molar-refractivity contribution in [1.29, 1.82) is 0 Å². The first-order valence-electron chi connectivity index (χ1n) is 6.96.